The van der Waals surface area contributed by atoms with Crippen LogP contribution in [0.25, 0.3) is 0 Å². The molecular weight excluding hydrogens is 319 g/mol. The first kappa shape index (κ1) is 17.5. The van der Waals surface area contributed by atoms with Gasteiger partial charge in [0.15, 0.2) is 0 Å². The van der Waals surface area contributed by atoms with Crippen LogP contribution in [0.3, 0.4) is 0 Å². The lowest BCUT2D eigenvalue weighted by Gasteiger charge is -2.23. The van der Waals surface area contributed by atoms with Gasteiger partial charge in [-0.2, -0.15) is 0 Å². The molecule has 1 aliphatic heterocycles. The number of anilines is 1. The van der Waals surface area contributed by atoms with Crippen LogP contribution in [0.2, 0.25) is 0 Å². The summed E-state index contributed by atoms with van der Waals surface area (Å²) in [5.74, 6) is -0.301. The molecule has 1 aromatic heterocycles. The highest BCUT2D eigenvalue weighted by atomic mass is 19.1. The van der Waals surface area contributed by atoms with Crippen molar-refractivity contribution in [3.63, 3.8) is 0 Å². The van der Waals surface area contributed by atoms with Crippen molar-refractivity contribution in [3.05, 3.63) is 60.2 Å². The molecule has 0 N–H and O–H groups in total. The third kappa shape index (κ3) is 4.86. The molecular formula is C20H23FN2O2. The predicted octanol–water partition coefficient (Wildman–Crippen LogP) is 4.10. The van der Waals surface area contributed by atoms with E-state index in [9.17, 15) is 9.18 Å². The van der Waals surface area contributed by atoms with Gasteiger partial charge in [-0.15, -0.1) is 0 Å². The zero-order chi connectivity index (χ0) is 17.6. The van der Waals surface area contributed by atoms with Crippen LogP contribution < -0.4 is 4.90 Å². The predicted molar refractivity (Wildman–Crippen MR) is 94.6 cm³/mol. The number of benzene rings is 1. The summed E-state index contributed by atoms with van der Waals surface area (Å²) in [6.45, 7) is 2.48. The van der Waals surface area contributed by atoms with E-state index >= 15 is 0 Å². The van der Waals surface area contributed by atoms with Crippen LogP contribution >= 0.6 is 0 Å². The van der Waals surface area contributed by atoms with Crippen molar-refractivity contribution in [2.75, 3.05) is 4.90 Å². The summed E-state index contributed by atoms with van der Waals surface area (Å²) in [7, 11) is 0. The van der Waals surface area contributed by atoms with Gasteiger partial charge < -0.3 is 9.64 Å². The summed E-state index contributed by atoms with van der Waals surface area (Å²) >= 11 is 0. The summed E-state index contributed by atoms with van der Waals surface area (Å²) in [6.07, 6.45) is 7.07. The lowest BCUT2D eigenvalue weighted by atomic mass is 10.1. The van der Waals surface area contributed by atoms with Crippen molar-refractivity contribution in [1.29, 1.82) is 0 Å². The minimum atomic E-state index is -0.314. The number of hydrogen-bond acceptors (Lipinski definition) is 3. The molecule has 1 aliphatic rings. The first-order chi connectivity index (χ1) is 12.1. The Bertz CT molecular complexity index is 691. The smallest absolute Gasteiger partial charge is 0.227 e. The molecule has 4 nitrogen and oxygen atoms in total. The molecule has 0 spiro atoms. The summed E-state index contributed by atoms with van der Waals surface area (Å²) in [5, 5.41) is 0. The van der Waals surface area contributed by atoms with Crippen molar-refractivity contribution in [3.8, 4) is 0 Å². The third-order valence-corrected chi connectivity index (χ3v) is 4.50. The molecule has 1 fully saturated rings. The van der Waals surface area contributed by atoms with Gasteiger partial charge in [0.05, 0.1) is 18.8 Å². The maximum Gasteiger partial charge on any atom is 0.227 e. The Balaban J connectivity index is 1.70. The SMILES string of the molecule is CC1CCC(CCC(=O)N(Cc2cccnc2)c2ccc(F)cc2)O1. The monoisotopic (exact) mass is 342 g/mol. The van der Waals surface area contributed by atoms with Crippen LogP contribution in [-0.2, 0) is 16.1 Å². The van der Waals surface area contributed by atoms with Gasteiger partial charge in [0.25, 0.3) is 0 Å². The topological polar surface area (TPSA) is 42.4 Å². The van der Waals surface area contributed by atoms with E-state index in [-0.39, 0.29) is 23.9 Å². The van der Waals surface area contributed by atoms with E-state index in [0.29, 0.717) is 25.1 Å². The fourth-order valence-corrected chi connectivity index (χ4v) is 3.14. The van der Waals surface area contributed by atoms with Crippen LogP contribution in [0.5, 0.6) is 0 Å². The largest absolute Gasteiger partial charge is 0.375 e. The number of carbonyl (C=O) groups is 1. The lowest BCUT2D eigenvalue weighted by molar-refractivity contribution is -0.119. The highest BCUT2D eigenvalue weighted by Crippen LogP contribution is 2.24. The van der Waals surface area contributed by atoms with E-state index in [1.54, 1.807) is 29.4 Å². The quantitative estimate of drug-likeness (QED) is 0.794. The van der Waals surface area contributed by atoms with Crippen molar-refractivity contribution >= 4 is 11.6 Å². The van der Waals surface area contributed by atoms with Crippen molar-refractivity contribution in [1.82, 2.24) is 4.98 Å². The molecule has 2 aromatic rings. The number of nitrogens with zero attached hydrogens (tertiary/aromatic N) is 2. The van der Waals surface area contributed by atoms with Gasteiger partial charge in [-0.1, -0.05) is 6.07 Å². The van der Waals surface area contributed by atoms with Crippen molar-refractivity contribution in [2.24, 2.45) is 0 Å². The second-order valence-corrected chi connectivity index (χ2v) is 6.50. The second kappa shape index (κ2) is 8.21. The summed E-state index contributed by atoms with van der Waals surface area (Å²) < 4.78 is 19.0. The van der Waals surface area contributed by atoms with Crippen LogP contribution in [0.1, 0.15) is 38.2 Å². The molecule has 5 heteroatoms. The fourth-order valence-electron chi connectivity index (χ4n) is 3.14. The average Bonchev–Trinajstić information content (AvgIpc) is 3.05. The number of amides is 1. The number of ether oxygens (including phenoxy) is 1. The van der Waals surface area contributed by atoms with Crippen LogP contribution in [0.15, 0.2) is 48.8 Å². The minimum absolute atomic E-state index is 0.0126. The average molecular weight is 342 g/mol. The fraction of sp³-hybridized carbons (Fsp3) is 0.400. The van der Waals surface area contributed by atoms with Crippen molar-refractivity contribution in [2.45, 2.75) is 51.4 Å². The number of halogens is 1. The molecule has 0 aliphatic carbocycles. The molecule has 132 valence electrons. The molecule has 2 heterocycles. The van der Waals surface area contributed by atoms with E-state index in [4.69, 9.17) is 4.74 Å². The zero-order valence-corrected chi connectivity index (χ0v) is 14.4. The van der Waals surface area contributed by atoms with Gasteiger partial charge in [0.2, 0.25) is 5.91 Å². The van der Waals surface area contributed by atoms with Gasteiger partial charge in [-0.3, -0.25) is 9.78 Å². The third-order valence-electron chi connectivity index (χ3n) is 4.50. The normalized spacial score (nSPS) is 19.8. The number of pyridine rings is 1. The first-order valence-corrected chi connectivity index (χ1v) is 8.72. The summed E-state index contributed by atoms with van der Waals surface area (Å²) in [6, 6.07) is 9.80. The molecule has 1 saturated heterocycles. The van der Waals surface area contributed by atoms with Gasteiger partial charge in [-0.25, -0.2) is 4.39 Å². The first-order valence-electron chi connectivity index (χ1n) is 8.72. The van der Waals surface area contributed by atoms with Gasteiger partial charge >= 0.3 is 0 Å². The van der Waals surface area contributed by atoms with Crippen LogP contribution in [0.4, 0.5) is 10.1 Å². The summed E-state index contributed by atoms with van der Waals surface area (Å²) in [5.41, 5.74) is 1.63. The Morgan fingerprint density at radius 1 is 1.28 bits per heavy atom. The van der Waals surface area contributed by atoms with Gasteiger partial charge in [0.1, 0.15) is 5.82 Å². The van der Waals surface area contributed by atoms with Gasteiger partial charge in [0, 0.05) is 24.5 Å². The molecule has 0 radical (unpaired) electrons. The van der Waals surface area contributed by atoms with Gasteiger partial charge in [-0.05, 0) is 62.1 Å². The summed E-state index contributed by atoms with van der Waals surface area (Å²) in [4.78, 5) is 18.6. The maximum atomic E-state index is 13.2. The number of hydrogen-bond donors (Lipinski definition) is 0. The number of aromatic nitrogens is 1. The van der Waals surface area contributed by atoms with E-state index in [0.717, 1.165) is 18.4 Å². The Labute approximate surface area is 147 Å². The second-order valence-electron chi connectivity index (χ2n) is 6.50. The molecule has 0 saturated carbocycles. The minimum Gasteiger partial charge on any atom is -0.375 e. The lowest BCUT2D eigenvalue weighted by Crippen LogP contribution is -2.31. The molecule has 3 rings (SSSR count). The van der Waals surface area contributed by atoms with Crippen LogP contribution in [0, 0.1) is 5.82 Å². The Morgan fingerprint density at radius 3 is 2.72 bits per heavy atom. The zero-order valence-electron chi connectivity index (χ0n) is 14.4. The van der Waals surface area contributed by atoms with Crippen molar-refractivity contribution < 1.29 is 13.9 Å². The molecule has 1 amide bonds. The standard InChI is InChI=1S/C20H23FN2O2/c1-15-4-9-19(25-15)10-11-20(24)23(14-16-3-2-12-22-13-16)18-7-5-17(21)6-8-18/h2-3,5-8,12-13,15,19H,4,9-11,14H2,1H3. The highest BCUT2D eigenvalue weighted by molar-refractivity contribution is 5.93. The number of carbonyl (C=O) groups excluding carboxylic acids is 1. The molecule has 2 atom stereocenters. The Morgan fingerprint density at radius 2 is 2.08 bits per heavy atom. The molecule has 1 aromatic carbocycles. The van der Waals surface area contributed by atoms with Crippen LogP contribution in [-0.4, -0.2) is 23.1 Å². The van der Waals surface area contributed by atoms with E-state index in [2.05, 4.69) is 11.9 Å². The van der Waals surface area contributed by atoms with E-state index < -0.39 is 0 Å². The van der Waals surface area contributed by atoms with E-state index in [1.807, 2.05) is 12.1 Å². The molecule has 2 unspecified atom stereocenters. The number of rotatable bonds is 6. The molecule has 0 bridgehead atoms. The molecule has 25 heavy (non-hydrogen) atoms. The highest BCUT2D eigenvalue weighted by Gasteiger charge is 2.24. The Kier molecular flexibility index (Phi) is 5.76. The Hall–Kier alpha value is -2.27. The maximum absolute atomic E-state index is 13.2. The van der Waals surface area contributed by atoms with E-state index in [1.165, 1.54) is 12.1 Å².